The van der Waals surface area contributed by atoms with Gasteiger partial charge in [0.1, 0.15) is 19.2 Å². The Morgan fingerprint density at radius 1 is 1.14 bits per heavy atom. The van der Waals surface area contributed by atoms with E-state index in [1.54, 1.807) is 14.2 Å². The number of aryl methyl sites for hydroxylation is 1. The fourth-order valence-electron chi connectivity index (χ4n) is 4.12. The number of hydrogen-bond donors (Lipinski definition) is 2. The molecule has 0 aliphatic carbocycles. The molecule has 0 spiro atoms. The Bertz CT molecular complexity index is 853. The normalized spacial score (nSPS) is 18.1. The van der Waals surface area contributed by atoms with E-state index >= 15 is 0 Å². The van der Waals surface area contributed by atoms with Gasteiger partial charge in [-0.2, -0.15) is 0 Å². The lowest BCUT2D eigenvalue weighted by atomic mass is 9.91. The monoisotopic (exact) mass is 399 g/mol. The van der Waals surface area contributed by atoms with Crippen LogP contribution in [0.4, 0.5) is 0 Å². The molecule has 29 heavy (non-hydrogen) atoms. The Morgan fingerprint density at radius 2 is 1.90 bits per heavy atom. The molecular weight excluding hydrogens is 368 g/mol. The van der Waals surface area contributed by atoms with Crippen LogP contribution in [-0.2, 0) is 22.5 Å². The van der Waals surface area contributed by atoms with Crippen molar-refractivity contribution in [2.24, 2.45) is 0 Å². The lowest BCUT2D eigenvalue weighted by molar-refractivity contribution is -0.945. The molecule has 0 aromatic heterocycles. The van der Waals surface area contributed by atoms with E-state index in [0.717, 1.165) is 31.0 Å². The Labute approximate surface area is 172 Å². The van der Waals surface area contributed by atoms with Gasteiger partial charge in [-0.1, -0.05) is 29.8 Å². The number of amides is 1. The van der Waals surface area contributed by atoms with E-state index in [0.29, 0.717) is 6.54 Å². The smallest absolute Gasteiger partial charge is 0.246 e. The second kappa shape index (κ2) is 9.76. The highest BCUT2D eigenvalue weighted by atomic mass is 16.5. The van der Waals surface area contributed by atoms with E-state index < -0.39 is 0 Å². The maximum Gasteiger partial charge on any atom is 0.246 e. The second-order valence-corrected chi connectivity index (χ2v) is 7.52. The highest BCUT2D eigenvalue weighted by molar-refractivity contribution is 5.77. The topological polar surface area (TPSA) is 61.2 Å². The number of fused-ring (bicyclic) bond motifs is 1. The highest BCUT2D eigenvalue weighted by Crippen LogP contribution is 2.34. The number of methoxy groups -OCH3 is 3. The minimum atomic E-state index is -0.102. The van der Waals surface area contributed by atoms with Gasteiger partial charge in [0.05, 0.1) is 27.3 Å². The summed E-state index contributed by atoms with van der Waals surface area (Å²) in [5.74, 6) is 1.36. The first-order valence-electron chi connectivity index (χ1n) is 9.96. The van der Waals surface area contributed by atoms with Crippen LogP contribution in [0.1, 0.15) is 28.3 Å². The summed E-state index contributed by atoms with van der Waals surface area (Å²) < 4.78 is 16.0. The van der Waals surface area contributed by atoms with Crippen molar-refractivity contribution < 1.29 is 23.9 Å². The van der Waals surface area contributed by atoms with Gasteiger partial charge in [-0.3, -0.25) is 4.79 Å². The van der Waals surface area contributed by atoms with E-state index in [2.05, 4.69) is 48.6 Å². The molecule has 0 fully saturated rings. The number of carbonyl (C=O) groups is 1. The Morgan fingerprint density at radius 3 is 2.59 bits per heavy atom. The van der Waals surface area contributed by atoms with Crippen LogP contribution in [0.25, 0.3) is 0 Å². The van der Waals surface area contributed by atoms with Gasteiger partial charge in [0.2, 0.25) is 5.91 Å². The Kier molecular flexibility index (Phi) is 7.12. The second-order valence-electron chi connectivity index (χ2n) is 7.52. The van der Waals surface area contributed by atoms with Gasteiger partial charge < -0.3 is 24.4 Å². The third-order valence-corrected chi connectivity index (χ3v) is 5.52. The molecule has 156 valence electrons. The summed E-state index contributed by atoms with van der Waals surface area (Å²) in [6, 6.07) is 12.9. The number of carbonyl (C=O) groups excluding carboxylic acids is 1. The Balaban J connectivity index is 1.91. The molecule has 0 saturated carbocycles. The van der Waals surface area contributed by atoms with Crippen LogP contribution in [-0.4, -0.2) is 46.9 Å². The van der Waals surface area contributed by atoms with Gasteiger partial charge in [-0.05, 0) is 24.6 Å². The van der Waals surface area contributed by atoms with Gasteiger partial charge in [-0.15, -0.1) is 0 Å². The summed E-state index contributed by atoms with van der Waals surface area (Å²) in [6.07, 6.45) is 0.958. The van der Waals surface area contributed by atoms with E-state index in [1.165, 1.54) is 34.3 Å². The molecule has 1 aliphatic heterocycles. The van der Waals surface area contributed by atoms with Gasteiger partial charge in [0, 0.05) is 24.7 Å². The van der Waals surface area contributed by atoms with Crippen LogP contribution in [0.15, 0.2) is 36.4 Å². The van der Waals surface area contributed by atoms with Crippen molar-refractivity contribution in [1.29, 1.82) is 0 Å². The van der Waals surface area contributed by atoms with Gasteiger partial charge in [-0.25, -0.2) is 0 Å². The first-order valence-corrected chi connectivity index (χ1v) is 9.96. The van der Waals surface area contributed by atoms with Gasteiger partial charge in [0.15, 0.2) is 11.5 Å². The summed E-state index contributed by atoms with van der Waals surface area (Å²) in [5.41, 5.74) is 5.02. The molecule has 1 heterocycles. The molecular formula is C23H31N2O4+. The molecule has 1 amide bonds. The fourth-order valence-corrected chi connectivity index (χ4v) is 4.12. The minimum Gasteiger partial charge on any atom is -0.493 e. The molecule has 2 atom stereocenters. The van der Waals surface area contributed by atoms with Crippen LogP contribution in [0, 0.1) is 6.92 Å². The first-order chi connectivity index (χ1) is 14.0. The van der Waals surface area contributed by atoms with Crippen molar-refractivity contribution in [3.8, 4) is 11.5 Å². The van der Waals surface area contributed by atoms with Crippen molar-refractivity contribution in [3.05, 3.63) is 58.7 Å². The number of hydrogen-bond acceptors (Lipinski definition) is 4. The molecule has 0 radical (unpaired) electrons. The summed E-state index contributed by atoms with van der Waals surface area (Å²) in [7, 11) is 4.84. The largest absolute Gasteiger partial charge is 0.493 e. The van der Waals surface area contributed by atoms with Crippen LogP contribution in [0.5, 0.6) is 11.5 Å². The van der Waals surface area contributed by atoms with Crippen molar-refractivity contribution in [2.75, 3.05) is 41.0 Å². The molecule has 0 saturated heterocycles. The van der Waals surface area contributed by atoms with E-state index in [4.69, 9.17) is 14.2 Å². The van der Waals surface area contributed by atoms with Crippen molar-refractivity contribution in [3.63, 3.8) is 0 Å². The van der Waals surface area contributed by atoms with Crippen molar-refractivity contribution in [2.45, 2.75) is 25.9 Å². The quantitative estimate of drug-likeness (QED) is 0.706. The van der Waals surface area contributed by atoms with Crippen molar-refractivity contribution >= 4 is 5.91 Å². The average Bonchev–Trinajstić information content (AvgIpc) is 2.72. The molecule has 2 aromatic carbocycles. The van der Waals surface area contributed by atoms with E-state index in [-0.39, 0.29) is 18.6 Å². The van der Waals surface area contributed by atoms with Crippen LogP contribution < -0.4 is 19.7 Å². The van der Waals surface area contributed by atoms with E-state index in [1.807, 2.05) is 0 Å². The molecule has 2 N–H and O–H groups in total. The predicted molar refractivity (Wildman–Crippen MR) is 112 cm³/mol. The maximum atomic E-state index is 12.0. The summed E-state index contributed by atoms with van der Waals surface area (Å²) in [5, 5.41) is 3.03. The number of benzene rings is 2. The molecule has 6 heteroatoms. The summed E-state index contributed by atoms with van der Waals surface area (Å²) in [4.78, 5) is 13.5. The van der Waals surface area contributed by atoms with Gasteiger partial charge in [0.25, 0.3) is 0 Å². The molecule has 0 bridgehead atoms. The molecule has 6 nitrogen and oxygen atoms in total. The zero-order valence-electron chi connectivity index (χ0n) is 17.7. The number of nitrogens with one attached hydrogen (secondary N) is 2. The predicted octanol–water partition coefficient (Wildman–Crippen LogP) is 1.46. The fraction of sp³-hybridized carbons (Fsp3) is 0.435. The average molecular weight is 400 g/mol. The SMILES string of the molecule is COCC(=O)NC[C@@H]1c2cc(OC)c(OC)cc2CC[NH+]1Cc1cccc(C)c1. The third-order valence-electron chi connectivity index (χ3n) is 5.52. The third kappa shape index (κ3) is 5.08. The van der Waals surface area contributed by atoms with Crippen LogP contribution >= 0.6 is 0 Å². The number of quaternary nitrogens is 1. The minimum absolute atomic E-state index is 0.0682. The standard InChI is InChI=1S/C23H30N2O4/c1-16-6-5-7-17(10-16)14-25-9-8-18-11-21(28-3)22(29-4)12-19(18)20(25)13-24-23(26)15-27-2/h5-7,10-12,20H,8-9,13-15H2,1-4H3,(H,24,26)/p+1/t20-/m1/s1. The highest BCUT2D eigenvalue weighted by Gasteiger charge is 2.32. The van der Waals surface area contributed by atoms with Crippen LogP contribution in [0.3, 0.4) is 0 Å². The lowest BCUT2D eigenvalue weighted by Crippen LogP contribution is -3.12. The number of ether oxygens (including phenoxy) is 3. The van der Waals surface area contributed by atoms with Gasteiger partial charge >= 0.3 is 0 Å². The molecule has 2 aromatic rings. The van der Waals surface area contributed by atoms with Crippen molar-refractivity contribution in [1.82, 2.24) is 5.32 Å². The summed E-state index contributed by atoms with van der Waals surface area (Å²) in [6.45, 7) is 4.62. The lowest BCUT2D eigenvalue weighted by Gasteiger charge is -2.35. The first kappa shape index (κ1) is 21.1. The number of rotatable bonds is 8. The van der Waals surface area contributed by atoms with E-state index in [9.17, 15) is 4.79 Å². The molecule has 1 aliphatic rings. The molecule has 3 rings (SSSR count). The zero-order valence-corrected chi connectivity index (χ0v) is 17.7. The van der Waals surface area contributed by atoms with Crippen LogP contribution in [0.2, 0.25) is 0 Å². The summed E-state index contributed by atoms with van der Waals surface area (Å²) >= 11 is 0. The Hall–Kier alpha value is -2.57. The zero-order chi connectivity index (χ0) is 20.8. The maximum absolute atomic E-state index is 12.0. The molecule has 1 unspecified atom stereocenters.